The summed E-state index contributed by atoms with van der Waals surface area (Å²) in [5, 5.41) is 22.4. The van der Waals surface area contributed by atoms with Gasteiger partial charge in [0.2, 0.25) is 0 Å². The molecule has 0 amide bonds. The average molecular weight is 265 g/mol. The summed E-state index contributed by atoms with van der Waals surface area (Å²) in [7, 11) is 3.10. The van der Waals surface area contributed by atoms with Crippen LogP contribution in [0.15, 0.2) is 18.2 Å². The summed E-state index contributed by atoms with van der Waals surface area (Å²) < 4.78 is 10.3. The first-order valence-corrected chi connectivity index (χ1v) is 5.64. The van der Waals surface area contributed by atoms with E-state index in [0.717, 1.165) is 0 Å². The molecule has 1 N–H and O–H groups in total. The Labute approximate surface area is 110 Å². The van der Waals surface area contributed by atoms with Gasteiger partial charge in [-0.15, -0.1) is 0 Å². The molecule has 0 saturated carbocycles. The second-order valence-corrected chi connectivity index (χ2v) is 3.70. The van der Waals surface area contributed by atoms with E-state index in [1.807, 2.05) is 6.07 Å². The molecule has 1 aromatic rings. The Morgan fingerprint density at radius 1 is 1.58 bits per heavy atom. The lowest BCUT2D eigenvalue weighted by Crippen LogP contribution is -2.25. The van der Waals surface area contributed by atoms with Crippen LogP contribution in [0.25, 0.3) is 0 Å². The largest absolute Gasteiger partial charge is 0.496 e. The van der Waals surface area contributed by atoms with E-state index in [2.05, 4.69) is 5.32 Å². The van der Waals surface area contributed by atoms with Crippen LogP contribution in [0, 0.1) is 21.4 Å². The van der Waals surface area contributed by atoms with Crippen LogP contribution in [-0.4, -0.2) is 31.7 Å². The van der Waals surface area contributed by atoms with Crippen molar-refractivity contribution >= 4 is 5.69 Å². The Morgan fingerprint density at radius 2 is 2.32 bits per heavy atom. The van der Waals surface area contributed by atoms with Crippen LogP contribution in [0.3, 0.4) is 0 Å². The fraction of sp³-hybridized carbons (Fsp3) is 0.417. The van der Waals surface area contributed by atoms with Crippen molar-refractivity contribution in [3.05, 3.63) is 28.3 Å². The van der Waals surface area contributed by atoms with E-state index in [0.29, 0.717) is 12.2 Å². The first-order chi connectivity index (χ1) is 9.12. The zero-order chi connectivity index (χ0) is 14.3. The third-order valence-electron chi connectivity index (χ3n) is 2.53. The summed E-state index contributed by atoms with van der Waals surface area (Å²) in [6, 6.07) is 6.08. The molecule has 0 spiro atoms. The molecule has 1 unspecified atom stereocenters. The molecule has 1 rings (SSSR count). The van der Waals surface area contributed by atoms with Crippen LogP contribution in [0.5, 0.6) is 11.5 Å². The maximum Gasteiger partial charge on any atom is 0.314 e. The maximum atomic E-state index is 10.9. The van der Waals surface area contributed by atoms with Crippen LogP contribution in [0.4, 0.5) is 5.69 Å². The minimum absolute atomic E-state index is 0.155. The van der Waals surface area contributed by atoms with Crippen molar-refractivity contribution in [2.45, 2.75) is 12.5 Å². The highest BCUT2D eigenvalue weighted by Crippen LogP contribution is 2.31. The predicted molar refractivity (Wildman–Crippen MR) is 68.2 cm³/mol. The number of rotatable bonds is 7. The normalized spacial score (nSPS) is 11.4. The van der Waals surface area contributed by atoms with Gasteiger partial charge in [0.25, 0.3) is 0 Å². The van der Waals surface area contributed by atoms with Crippen molar-refractivity contribution in [3.8, 4) is 17.6 Å². The zero-order valence-corrected chi connectivity index (χ0v) is 10.8. The highest BCUT2D eigenvalue weighted by Gasteiger charge is 2.16. The van der Waals surface area contributed by atoms with E-state index in [1.54, 1.807) is 13.1 Å². The number of nitrogens with one attached hydrogen (secondary N) is 1. The molecule has 0 saturated heterocycles. The van der Waals surface area contributed by atoms with Crippen molar-refractivity contribution in [1.82, 2.24) is 5.32 Å². The summed E-state index contributed by atoms with van der Waals surface area (Å²) in [5.74, 6) is 0.558. The van der Waals surface area contributed by atoms with Crippen molar-refractivity contribution in [3.63, 3.8) is 0 Å². The first-order valence-electron chi connectivity index (χ1n) is 5.64. The topological polar surface area (TPSA) is 97.4 Å². The fourth-order valence-electron chi connectivity index (χ4n) is 1.45. The van der Waals surface area contributed by atoms with Crippen molar-refractivity contribution in [2.75, 3.05) is 20.8 Å². The number of benzene rings is 1. The number of ether oxygens (including phenoxy) is 2. The number of nitriles is 1. The minimum atomic E-state index is -0.530. The molecule has 0 heterocycles. The summed E-state index contributed by atoms with van der Waals surface area (Å²) in [5.41, 5.74) is -0.155. The molecule has 0 bridgehead atoms. The van der Waals surface area contributed by atoms with Gasteiger partial charge in [-0.25, -0.2) is 0 Å². The quantitative estimate of drug-likeness (QED) is 0.592. The molecule has 0 aliphatic rings. The molecule has 0 aliphatic carbocycles. The zero-order valence-electron chi connectivity index (χ0n) is 10.8. The molecule has 0 aromatic heterocycles. The molecular formula is C12H15N3O4. The highest BCUT2D eigenvalue weighted by atomic mass is 16.6. The first kappa shape index (κ1) is 14.7. The molecule has 1 aromatic carbocycles. The van der Waals surface area contributed by atoms with Gasteiger partial charge in [-0.2, -0.15) is 5.26 Å². The summed E-state index contributed by atoms with van der Waals surface area (Å²) in [6.07, 6.45) is 0.441. The molecule has 19 heavy (non-hydrogen) atoms. The van der Waals surface area contributed by atoms with Crippen molar-refractivity contribution in [1.29, 1.82) is 5.26 Å². The van der Waals surface area contributed by atoms with Gasteiger partial charge in [0.15, 0.2) is 5.75 Å². The van der Waals surface area contributed by atoms with Crippen molar-refractivity contribution < 1.29 is 14.4 Å². The van der Waals surface area contributed by atoms with Crippen LogP contribution in [0.1, 0.15) is 6.42 Å². The Hall–Kier alpha value is -2.33. The fourth-order valence-corrected chi connectivity index (χ4v) is 1.45. The van der Waals surface area contributed by atoms with E-state index in [-0.39, 0.29) is 24.1 Å². The lowest BCUT2D eigenvalue weighted by Gasteiger charge is -2.10. The second kappa shape index (κ2) is 7.18. The molecule has 7 nitrogen and oxygen atoms in total. The van der Waals surface area contributed by atoms with E-state index >= 15 is 0 Å². The standard InChI is InChI=1S/C12H15N3O4/c1-14-9(8-13)5-6-19-12-4-3-10(18-2)7-11(12)15(16)17/h3-4,7,9,14H,5-6H2,1-2H3. The maximum absolute atomic E-state index is 10.9. The van der Waals surface area contributed by atoms with Gasteiger partial charge < -0.3 is 14.8 Å². The van der Waals surface area contributed by atoms with Crippen LogP contribution in [-0.2, 0) is 0 Å². The second-order valence-electron chi connectivity index (χ2n) is 3.70. The SMILES string of the molecule is CNC(C#N)CCOc1ccc(OC)cc1[N+](=O)[O-]. The number of nitro groups is 1. The number of methoxy groups -OCH3 is 1. The van der Waals surface area contributed by atoms with Gasteiger partial charge in [0.05, 0.1) is 36.8 Å². The Balaban J connectivity index is 2.73. The van der Waals surface area contributed by atoms with Gasteiger partial charge >= 0.3 is 5.69 Å². The molecule has 102 valence electrons. The van der Waals surface area contributed by atoms with E-state index < -0.39 is 4.92 Å². The lowest BCUT2D eigenvalue weighted by atomic mass is 10.2. The molecule has 1 atom stereocenters. The van der Waals surface area contributed by atoms with Crippen LogP contribution >= 0.6 is 0 Å². The predicted octanol–water partition coefficient (Wildman–Crippen LogP) is 1.48. The average Bonchev–Trinajstić information content (AvgIpc) is 2.43. The van der Waals surface area contributed by atoms with E-state index in [9.17, 15) is 10.1 Å². The smallest absolute Gasteiger partial charge is 0.314 e. The Kier molecular flexibility index (Phi) is 5.57. The molecule has 0 radical (unpaired) electrons. The third kappa shape index (κ3) is 4.12. The molecular weight excluding hydrogens is 250 g/mol. The number of hydrogen-bond acceptors (Lipinski definition) is 6. The van der Waals surface area contributed by atoms with Crippen molar-refractivity contribution in [2.24, 2.45) is 0 Å². The number of hydrogen-bond donors (Lipinski definition) is 1. The Bertz CT molecular complexity index is 484. The summed E-state index contributed by atoms with van der Waals surface area (Å²) in [6.45, 7) is 0.215. The summed E-state index contributed by atoms with van der Waals surface area (Å²) >= 11 is 0. The van der Waals surface area contributed by atoms with Gasteiger partial charge in [0.1, 0.15) is 5.75 Å². The van der Waals surface area contributed by atoms with Crippen LogP contribution < -0.4 is 14.8 Å². The molecule has 7 heteroatoms. The number of nitrogens with zero attached hydrogens (tertiary/aromatic N) is 2. The van der Waals surface area contributed by atoms with Gasteiger partial charge in [-0.3, -0.25) is 10.1 Å². The highest BCUT2D eigenvalue weighted by molar-refractivity contribution is 5.50. The molecule has 0 fully saturated rings. The molecule has 0 aliphatic heterocycles. The monoisotopic (exact) mass is 265 g/mol. The minimum Gasteiger partial charge on any atom is -0.496 e. The van der Waals surface area contributed by atoms with Gasteiger partial charge in [-0.1, -0.05) is 0 Å². The lowest BCUT2D eigenvalue weighted by molar-refractivity contribution is -0.385. The number of nitro benzene ring substituents is 1. The van der Waals surface area contributed by atoms with Crippen LogP contribution in [0.2, 0.25) is 0 Å². The Morgan fingerprint density at radius 3 is 2.84 bits per heavy atom. The van der Waals surface area contributed by atoms with Gasteiger partial charge in [-0.05, 0) is 19.2 Å². The van der Waals surface area contributed by atoms with E-state index in [1.165, 1.54) is 19.2 Å². The summed E-state index contributed by atoms with van der Waals surface area (Å²) in [4.78, 5) is 10.4. The third-order valence-corrected chi connectivity index (χ3v) is 2.53. The van der Waals surface area contributed by atoms with E-state index in [4.69, 9.17) is 14.7 Å². The van der Waals surface area contributed by atoms with Gasteiger partial charge in [0, 0.05) is 6.42 Å².